The lowest BCUT2D eigenvalue weighted by Gasteiger charge is -2.31. The van der Waals surface area contributed by atoms with Crippen LogP contribution in [0.5, 0.6) is 0 Å². The van der Waals surface area contributed by atoms with E-state index in [0.29, 0.717) is 13.1 Å². The number of hydrogen-bond acceptors (Lipinski definition) is 5. The molecule has 4 rings (SSSR count). The van der Waals surface area contributed by atoms with E-state index in [9.17, 15) is 8.42 Å². The Labute approximate surface area is 139 Å². The highest BCUT2D eigenvalue weighted by Gasteiger charge is 2.31. The van der Waals surface area contributed by atoms with E-state index in [1.54, 1.807) is 6.20 Å². The fraction of sp³-hybridized carbons (Fsp3) is 0.400. The second-order valence-electron chi connectivity index (χ2n) is 6.04. The van der Waals surface area contributed by atoms with Gasteiger partial charge in [0.1, 0.15) is 4.90 Å². The highest BCUT2D eigenvalue weighted by molar-refractivity contribution is 7.89. The number of fused-ring (bicyclic) bond motifs is 1. The number of hydrogen-bond donors (Lipinski definition) is 1. The second-order valence-corrected chi connectivity index (χ2v) is 7.98. The molecule has 4 heterocycles. The summed E-state index contributed by atoms with van der Waals surface area (Å²) in [5.74, 6) is 0.269. The number of aromatic nitrogens is 5. The van der Waals surface area contributed by atoms with E-state index in [1.165, 1.54) is 16.7 Å². The van der Waals surface area contributed by atoms with Crippen LogP contribution >= 0.6 is 0 Å². The lowest BCUT2D eigenvalue weighted by molar-refractivity contribution is 0.314. The molecule has 0 saturated carbocycles. The van der Waals surface area contributed by atoms with Gasteiger partial charge in [-0.05, 0) is 25.8 Å². The van der Waals surface area contributed by atoms with Gasteiger partial charge < -0.3 is 0 Å². The summed E-state index contributed by atoms with van der Waals surface area (Å²) < 4.78 is 28.5. The first-order chi connectivity index (χ1) is 11.6. The van der Waals surface area contributed by atoms with Gasteiger partial charge in [-0.3, -0.25) is 5.10 Å². The van der Waals surface area contributed by atoms with Crippen LogP contribution in [0.4, 0.5) is 0 Å². The number of H-pyrrole nitrogens is 1. The van der Waals surface area contributed by atoms with Crippen molar-refractivity contribution < 1.29 is 8.42 Å². The van der Waals surface area contributed by atoms with Crippen LogP contribution in [0, 0.1) is 6.92 Å². The van der Waals surface area contributed by atoms with Crippen molar-refractivity contribution in [2.45, 2.75) is 30.6 Å². The number of sulfonamides is 1. The molecule has 8 nitrogen and oxygen atoms in total. The predicted molar refractivity (Wildman–Crippen MR) is 87.0 cm³/mol. The molecule has 0 aromatic carbocycles. The van der Waals surface area contributed by atoms with E-state index in [-0.39, 0.29) is 10.8 Å². The van der Waals surface area contributed by atoms with E-state index < -0.39 is 10.0 Å². The molecule has 1 fully saturated rings. The smallest absolute Gasteiger partial charge is 0.246 e. The van der Waals surface area contributed by atoms with Gasteiger partial charge in [0.05, 0.1) is 11.9 Å². The molecular weight excluding hydrogens is 328 g/mol. The largest absolute Gasteiger partial charge is 0.284 e. The minimum Gasteiger partial charge on any atom is -0.284 e. The third kappa shape index (κ3) is 2.49. The normalized spacial score (nSPS) is 17.5. The molecule has 24 heavy (non-hydrogen) atoms. The van der Waals surface area contributed by atoms with Crippen molar-refractivity contribution in [1.82, 2.24) is 29.1 Å². The Kier molecular flexibility index (Phi) is 3.61. The van der Waals surface area contributed by atoms with Crippen molar-refractivity contribution in [1.29, 1.82) is 0 Å². The summed E-state index contributed by atoms with van der Waals surface area (Å²) in [7, 11) is -3.46. The molecule has 0 bridgehead atoms. The van der Waals surface area contributed by atoms with Crippen molar-refractivity contribution in [3.05, 3.63) is 42.1 Å². The first kappa shape index (κ1) is 15.3. The molecule has 3 aromatic heterocycles. The van der Waals surface area contributed by atoms with Gasteiger partial charge in [-0.15, -0.1) is 0 Å². The van der Waals surface area contributed by atoms with E-state index in [1.807, 2.05) is 23.6 Å². The maximum absolute atomic E-state index is 12.5. The first-order valence-electron chi connectivity index (χ1n) is 7.86. The van der Waals surface area contributed by atoms with E-state index in [2.05, 4.69) is 20.3 Å². The number of aryl methyl sites for hydroxylation is 1. The Morgan fingerprint density at radius 2 is 2.08 bits per heavy atom. The zero-order valence-electron chi connectivity index (χ0n) is 13.3. The van der Waals surface area contributed by atoms with Crippen LogP contribution in [0.3, 0.4) is 0 Å². The molecule has 0 radical (unpaired) electrons. The molecular formula is C15H18N6O2S. The zero-order valence-corrected chi connectivity index (χ0v) is 14.1. The molecule has 126 valence electrons. The Morgan fingerprint density at radius 1 is 1.29 bits per heavy atom. The van der Waals surface area contributed by atoms with Gasteiger partial charge in [0.15, 0.2) is 5.65 Å². The van der Waals surface area contributed by atoms with Crippen molar-refractivity contribution >= 4 is 15.7 Å². The Morgan fingerprint density at radius 3 is 2.79 bits per heavy atom. The Bertz CT molecular complexity index is 955. The van der Waals surface area contributed by atoms with Crippen LogP contribution in [0.2, 0.25) is 0 Å². The molecule has 3 aromatic rings. The second kappa shape index (κ2) is 5.67. The molecule has 9 heteroatoms. The van der Waals surface area contributed by atoms with Crippen molar-refractivity contribution in [2.75, 3.05) is 13.1 Å². The summed E-state index contributed by atoms with van der Waals surface area (Å²) in [5.41, 5.74) is 2.85. The highest BCUT2D eigenvalue weighted by atomic mass is 32.2. The van der Waals surface area contributed by atoms with Crippen LogP contribution in [0.1, 0.15) is 30.1 Å². The number of nitrogens with zero attached hydrogens (tertiary/aromatic N) is 5. The molecule has 0 aliphatic carbocycles. The summed E-state index contributed by atoms with van der Waals surface area (Å²) >= 11 is 0. The predicted octanol–water partition coefficient (Wildman–Crippen LogP) is 1.33. The monoisotopic (exact) mass is 346 g/mol. The third-order valence-electron chi connectivity index (χ3n) is 4.49. The number of aromatic amines is 1. The topological polar surface area (TPSA) is 96.2 Å². The number of rotatable bonds is 3. The fourth-order valence-corrected chi connectivity index (χ4v) is 4.64. The fourth-order valence-electron chi connectivity index (χ4n) is 3.26. The van der Waals surface area contributed by atoms with Crippen molar-refractivity contribution in [2.24, 2.45) is 0 Å². The summed E-state index contributed by atoms with van der Waals surface area (Å²) in [6, 6.07) is 3.92. The van der Waals surface area contributed by atoms with Crippen LogP contribution in [-0.4, -0.2) is 50.6 Å². The van der Waals surface area contributed by atoms with Gasteiger partial charge in [-0.25, -0.2) is 17.9 Å². The third-order valence-corrected chi connectivity index (χ3v) is 6.36. The van der Waals surface area contributed by atoms with Crippen LogP contribution in [0.15, 0.2) is 35.6 Å². The molecule has 1 aliphatic rings. The SMILES string of the molecule is Cc1cc2nccc(C3CCN(S(=O)(=O)c4cn[nH]c4)CC3)n2n1. The molecule has 1 aliphatic heterocycles. The van der Waals surface area contributed by atoms with Crippen LogP contribution in [0.25, 0.3) is 5.65 Å². The summed E-state index contributed by atoms with van der Waals surface area (Å²) in [5, 5.41) is 10.8. The lowest BCUT2D eigenvalue weighted by Crippen LogP contribution is -2.38. The summed E-state index contributed by atoms with van der Waals surface area (Å²) in [4.78, 5) is 4.55. The minimum absolute atomic E-state index is 0.218. The standard InChI is InChI=1S/C15H18N6O2S/c1-11-8-15-16-5-2-14(21(15)19-11)12-3-6-20(7-4-12)24(22,23)13-9-17-18-10-13/h2,5,8-10,12H,3-4,6-7H2,1H3,(H,17,18). The van der Waals surface area contributed by atoms with Gasteiger partial charge in [0.25, 0.3) is 0 Å². The van der Waals surface area contributed by atoms with E-state index in [0.717, 1.165) is 29.9 Å². The van der Waals surface area contributed by atoms with E-state index >= 15 is 0 Å². The van der Waals surface area contributed by atoms with Gasteiger partial charge in [0, 0.05) is 43.2 Å². The van der Waals surface area contributed by atoms with Crippen molar-refractivity contribution in [3.8, 4) is 0 Å². The van der Waals surface area contributed by atoms with E-state index in [4.69, 9.17) is 0 Å². The molecule has 0 amide bonds. The molecule has 0 unspecified atom stereocenters. The summed E-state index contributed by atoms with van der Waals surface area (Å²) in [6.45, 7) is 2.92. The van der Waals surface area contributed by atoms with Crippen molar-refractivity contribution in [3.63, 3.8) is 0 Å². The first-order valence-corrected chi connectivity index (χ1v) is 9.30. The Hall–Kier alpha value is -2.26. The quantitative estimate of drug-likeness (QED) is 0.772. The van der Waals surface area contributed by atoms with Gasteiger partial charge in [-0.1, -0.05) is 0 Å². The Balaban J connectivity index is 1.56. The molecule has 1 saturated heterocycles. The average Bonchev–Trinajstić information content (AvgIpc) is 3.23. The lowest BCUT2D eigenvalue weighted by atomic mass is 9.94. The molecule has 0 spiro atoms. The van der Waals surface area contributed by atoms with Gasteiger partial charge in [0.2, 0.25) is 10.0 Å². The average molecular weight is 346 g/mol. The van der Waals surface area contributed by atoms with Crippen LogP contribution < -0.4 is 0 Å². The summed E-state index contributed by atoms with van der Waals surface area (Å²) in [6.07, 6.45) is 6.07. The maximum Gasteiger partial charge on any atom is 0.246 e. The molecule has 0 atom stereocenters. The zero-order chi connectivity index (χ0) is 16.7. The van der Waals surface area contributed by atoms with Gasteiger partial charge in [-0.2, -0.15) is 14.5 Å². The number of nitrogens with one attached hydrogen (secondary N) is 1. The number of piperidine rings is 1. The maximum atomic E-state index is 12.5. The molecule has 1 N–H and O–H groups in total. The highest BCUT2D eigenvalue weighted by Crippen LogP contribution is 2.30. The van der Waals surface area contributed by atoms with Gasteiger partial charge >= 0.3 is 0 Å². The minimum atomic E-state index is -3.46. The van der Waals surface area contributed by atoms with Crippen LogP contribution in [-0.2, 0) is 10.0 Å².